The van der Waals surface area contributed by atoms with Crippen LogP contribution in [0, 0.1) is 0 Å². The van der Waals surface area contributed by atoms with Crippen LogP contribution in [0.1, 0.15) is 35.4 Å². The molecule has 0 aliphatic carbocycles. The Labute approximate surface area is 161 Å². The van der Waals surface area contributed by atoms with Crippen molar-refractivity contribution in [1.29, 1.82) is 0 Å². The zero-order chi connectivity index (χ0) is 18.4. The van der Waals surface area contributed by atoms with E-state index < -0.39 is 0 Å². The zero-order valence-electron chi connectivity index (χ0n) is 14.9. The van der Waals surface area contributed by atoms with Crippen LogP contribution in [-0.4, -0.2) is 39.1 Å². The van der Waals surface area contributed by atoms with Crippen molar-refractivity contribution in [1.82, 2.24) is 20.1 Å². The summed E-state index contributed by atoms with van der Waals surface area (Å²) in [5.74, 6) is 0.910. The highest BCUT2D eigenvalue weighted by Gasteiger charge is 2.27. The van der Waals surface area contributed by atoms with Crippen LogP contribution in [0.3, 0.4) is 0 Å². The molecule has 1 atom stereocenters. The van der Waals surface area contributed by atoms with Gasteiger partial charge in [-0.1, -0.05) is 48.2 Å². The molecule has 5 nitrogen and oxygen atoms in total. The second kappa shape index (κ2) is 9.00. The predicted molar refractivity (Wildman–Crippen MR) is 106 cm³/mol. The van der Waals surface area contributed by atoms with E-state index in [0.717, 1.165) is 17.8 Å². The van der Waals surface area contributed by atoms with E-state index in [9.17, 15) is 4.79 Å². The number of amides is 1. The van der Waals surface area contributed by atoms with E-state index in [-0.39, 0.29) is 11.2 Å². The van der Waals surface area contributed by atoms with Crippen molar-refractivity contribution in [2.24, 2.45) is 0 Å². The molecule has 0 aliphatic rings. The van der Waals surface area contributed by atoms with Gasteiger partial charge in [0.2, 0.25) is 11.1 Å². The molecule has 3 aromatic rings. The van der Waals surface area contributed by atoms with Gasteiger partial charge in [0.15, 0.2) is 0 Å². The smallest absolute Gasteiger partial charge is 0.240 e. The molecule has 3 rings (SSSR count). The Morgan fingerprint density at radius 2 is 1.96 bits per heavy atom. The van der Waals surface area contributed by atoms with Crippen LogP contribution < -0.4 is 0 Å². The molecular formula is C19H22N4OS2. The fourth-order valence-corrected chi connectivity index (χ4v) is 4.41. The van der Waals surface area contributed by atoms with Crippen molar-refractivity contribution in [3.8, 4) is 0 Å². The van der Waals surface area contributed by atoms with Gasteiger partial charge in [0.25, 0.3) is 0 Å². The lowest BCUT2D eigenvalue weighted by atomic mass is 10.1. The molecule has 1 N–H and O–H groups in total. The molecule has 2 heterocycles. The van der Waals surface area contributed by atoms with Crippen LogP contribution in [0.5, 0.6) is 0 Å². The summed E-state index contributed by atoms with van der Waals surface area (Å²) in [6.45, 7) is 5.38. The standard InChI is InChI=1S/C19H22N4OS2/c1-3-23(4-2)18(24)17(14-9-6-5-7-10-14)26-19-20-16(21-22-19)13-15-11-8-12-25-15/h5-12,17H,3-4,13H2,1-2H3,(H,20,21,22). The molecule has 0 spiro atoms. The van der Waals surface area contributed by atoms with Crippen molar-refractivity contribution in [3.05, 3.63) is 64.1 Å². The minimum Gasteiger partial charge on any atom is -0.342 e. The number of thioether (sulfide) groups is 1. The number of rotatable bonds is 8. The third-order valence-corrected chi connectivity index (χ3v) is 6.04. The Bertz CT molecular complexity index is 813. The number of aromatic nitrogens is 3. The first kappa shape index (κ1) is 18.7. The number of thiophene rings is 1. The molecule has 2 aromatic heterocycles. The van der Waals surface area contributed by atoms with Crippen LogP contribution in [0.25, 0.3) is 0 Å². The molecule has 0 saturated heterocycles. The number of carbonyl (C=O) groups is 1. The summed E-state index contributed by atoms with van der Waals surface area (Å²) < 4.78 is 0. The fourth-order valence-electron chi connectivity index (χ4n) is 2.68. The number of hydrogen-bond acceptors (Lipinski definition) is 5. The minimum absolute atomic E-state index is 0.0933. The van der Waals surface area contributed by atoms with Gasteiger partial charge in [0.05, 0.1) is 0 Å². The number of likely N-dealkylation sites (N-methyl/N-ethyl adjacent to an activating group) is 1. The lowest BCUT2D eigenvalue weighted by molar-refractivity contribution is -0.130. The number of H-pyrrole nitrogens is 1. The number of aromatic amines is 1. The Morgan fingerprint density at radius 1 is 1.19 bits per heavy atom. The summed E-state index contributed by atoms with van der Waals surface area (Å²) in [7, 11) is 0. The van der Waals surface area contributed by atoms with Gasteiger partial charge in [-0.3, -0.25) is 9.89 Å². The predicted octanol–water partition coefficient (Wildman–Crippen LogP) is 4.16. The van der Waals surface area contributed by atoms with E-state index >= 15 is 0 Å². The third-order valence-electron chi connectivity index (χ3n) is 4.06. The van der Waals surface area contributed by atoms with Gasteiger partial charge < -0.3 is 4.90 Å². The molecule has 1 amide bonds. The monoisotopic (exact) mass is 386 g/mol. The Hall–Kier alpha value is -2.12. The van der Waals surface area contributed by atoms with Gasteiger partial charge in [0, 0.05) is 24.4 Å². The second-order valence-corrected chi connectivity index (χ2v) is 7.84. The second-order valence-electron chi connectivity index (χ2n) is 5.74. The quantitative estimate of drug-likeness (QED) is 0.591. The molecule has 0 radical (unpaired) electrons. The Balaban J connectivity index is 1.79. The van der Waals surface area contributed by atoms with E-state index in [4.69, 9.17) is 0 Å². The molecule has 1 aromatic carbocycles. The molecule has 7 heteroatoms. The average Bonchev–Trinajstić information content (AvgIpc) is 3.34. The number of benzene rings is 1. The molecule has 136 valence electrons. The van der Waals surface area contributed by atoms with Gasteiger partial charge >= 0.3 is 0 Å². The summed E-state index contributed by atoms with van der Waals surface area (Å²) in [5, 5.41) is 9.62. The highest BCUT2D eigenvalue weighted by Crippen LogP contribution is 2.35. The number of nitrogens with one attached hydrogen (secondary N) is 1. The number of hydrogen-bond donors (Lipinski definition) is 1. The molecule has 0 aliphatic heterocycles. The molecular weight excluding hydrogens is 364 g/mol. The van der Waals surface area contributed by atoms with Crippen LogP contribution in [0.2, 0.25) is 0 Å². The molecule has 26 heavy (non-hydrogen) atoms. The largest absolute Gasteiger partial charge is 0.342 e. The summed E-state index contributed by atoms with van der Waals surface area (Å²) in [5.41, 5.74) is 0.971. The third kappa shape index (κ3) is 4.53. The Kier molecular flexibility index (Phi) is 6.46. The minimum atomic E-state index is -0.346. The lowest BCUT2D eigenvalue weighted by Crippen LogP contribution is -2.33. The summed E-state index contributed by atoms with van der Waals surface area (Å²) >= 11 is 3.10. The van der Waals surface area contributed by atoms with Crippen LogP contribution in [0.15, 0.2) is 53.0 Å². The van der Waals surface area contributed by atoms with Crippen LogP contribution >= 0.6 is 23.1 Å². The maximum Gasteiger partial charge on any atom is 0.240 e. The molecule has 0 saturated carbocycles. The summed E-state index contributed by atoms with van der Waals surface area (Å²) in [6, 6.07) is 13.9. The topological polar surface area (TPSA) is 61.9 Å². The highest BCUT2D eigenvalue weighted by atomic mass is 32.2. The fraction of sp³-hybridized carbons (Fsp3) is 0.316. The van der Waals surface area contributed by atoms with Crippen molar-refractivity contribution >= 4 is 29.0 Å². The van der Waals surface area contributed by atoms with E-state index in [1.165, 1.54) is 16.6 Å². The van der Waals surface area contributed by atoms with Gasteiger partial charge in [-0.2, -0.15) is 0 Å². The first-order chi connectivity index (χ1) is 12.7. The van der Waals surface area contributed by atoms with Crippen molar-refractivity contribution < 1.29 is 4.79 Å². The lowest BCUT2D eigenvalue weighted by Gasteiger charge is -2.24. The molecule has 0 bridgehead atoms. The maximum atomic E-state index is 13.0. The molecule has 1 unspecified atom stereocenters. The van der Waals surface area contributed by atoms with Crippen molar-refractivity contribution in [2.45, 2.75) is 30.7 Å². The van der Waals surface area contributed by atoms with E-state index in [0.29, 0.717) is 18.2 Å². The maximum absolute atomic E-state index is 13.0. The first-order valence-electron chi connectivity index (χ1n) is 8.65. The van der Waals surface area contributed by atoms with Gasteiger partial charge in [-0.15, -0.1) is 16.4 Å². The normalized spacial score (nSPS) is 12.1. The first-order valence-corrected chi connectivity index (χ1v) is 10.4. The van der Waals surface area contributed by atoms with E-state index in [1.54, 1.807) is 11.3 Å². The van der Waals surface area contributed by atoms with Crippen molar-refractivity contribution in [3.63, 3.8) is 0 Å². The summed E-state index contributed by atoms with van der Waals surface area (Å²) in [4.78, 5) is 20.7. The Morgan fingerprint density at radius 3 is 2.62 bits per heavy atom. The zero-order valence-corrected chi connectivity index (χ0v) is 16.5. The van der Waals surface area contributed by atoms with E-state index in [1.807, 2.05) is 55.1 Å². The molecule has 0 fully saturated rings. The summed E-state index contributed by atoms with van der Waals surface area (Å²) in [6.07, 6.45) is 0.727. The van der Waals surface area contributed by atoms with Gasteiger partial charge in [0.1, 0.15) is 11.1 Å². The number of carbonyl (C=O) groups excluding carboxylic acids is 1. The van der Waals surface area contributed by atoms with Gasteiger partial charge in [-0.25, -0.2) is 4.98 Å². The SMILES string of the molecule is CCN(CC)C(=O)C(Sc1n[nH]c(Cc2cccs2)n1)c1ccccc1. The number of nitrogens with zero attached hydrogens (tertiary/aromatic N) is 3. The van der Waals surface area contributed by atoms with Gasteiger partial charge in [-0.05, 0) is 30.9 Å². The average molecular weight is 387 g/mol. The van der Waals surface area contributed by atoms with E-state index in [2.05, 4.69) is 26.6 Å². The highest BCUT2D eigenvalue weighted by molar-refractivity contribution is 8.00. The van der Waals surface area contributed by atoms with Crippen LogP contribution in [0.4, 0.5) is 0 Å². The van der Waals surface area contributed by atoms with Crippen LogP contribution in [-0.2, 0) is 11.2 Å². The van der Waals surface area contributed by atoms with Crippen molar-refractivity contribution in [2.75, 3.05) is 13.1 Å².